The Hall–Kier alpha value is -4.51. The van der Waals surface area contributed by atoms with E-state index in [1.165, 1.54) is 11.0 Å². The van der Waals surface area contributed by atoms with E-state index >= 15 is 0 Å². The van der Waals surface area contributed by atoms with Crippen LogP contribution in [0.5, 0.6) is 5.75 Å². The maximum atomic E-state index is 14.1. The van der Waals surface area contributed by atoms with E-state index in [2.05, 4.69) is 17.0 Å². The van der Waals surface area contributed by atoms with Crippen LogP contribution in [0.15, 0.2) is 65.4 Å². The molecule has 10 nitrogen and oxygen atoms in total. The summed E-state index contributed by atoms with van der Waals surface area (Å²) in [6.45, 7) is 0.736. The molecule has 6 N–H and O–H groups in total. The van der Waals surface area contributed by atoms with Crippen molar-refractivity contribution in [3.63, 3.8) is 0 Å². The predicted molar refractivity (Wildman–Crippen MR) is 165 cm³/mol. The zero-order valence-electron chi connectivity index (χ0n) is 25.0. The summed E-state index contributed by atoms with van der Waals surface area (Å²) in [5, 5.41) is 47.6. The standard InChI is InChI=1S/C34H35N3O7/c1-36(2)15-16-9-10-20(19-8-6-5-7-18(16)19)21-11-12-24(38)26-22(21)13-17-14-23-28(37(3)4)30(40)27(33(35)43)32(42)34(23,44)31(41)25(17)29(26)39/h5-12,17,23,28,38-39,42,44H,13-15H2,1-4H3,(H2,35,43)/t17-,23-,28-,34+/m1/s1. The first kappa shape index (κ1) is 29.6. The lowest BCUT2D eigenvalue weighted by Gasteiger charge is -2.50. The van der Waals surface area contributed by atoms with Crippen molar-refractivity contribution >= 4 is 34.0 Å². The quantitative estimate of drug-likeness (QED) is 0.278. The Bertz CT molecular complexity index is 1840. The van der Waals surface area contributed by atoms with Gasteiger partial charge in [-0.25, -0.2) is 0 Å². The van der Waals surface area contributed by atoms with E-state index in [9.17, 15) is 34.8 Å². The van der Waals surface area contributed by atoms with E-state index in [4.69, 9.17) is 5.73 Å². The molecule has 0 heterocycles. The fraction of sp³-hybridized carbons (Fsp3) is 0.324. The molecule has 44 heavy (non-hydrogen) atoms. The van der Waals surface area contributed by atoms with Crippen molar-refractivity contribution < 1.29 is 34.8 Å². The third kappa shape index (κ3) is 4.09. The molecule has 1 saturated carbocycles. The maximum Gasteiger partial charge on any atom is 0.255 e. The molecule has 3 aromatic rings. The third-order valence-electron chi connectivity index (χ3n) is 9.40. The number of benzene rings is 3. The minimum absolute atomic E-state index is 0.0311. The molecular formula is C34H35N3O7. The Kier molecular flexibility index (Phi) is 6.92. The van der Waals surface area contributed by atoms with Crippen molar-refractivity contribution in [2.75, 3.05) is 28.2 Å². The van der Waals surface area contributed by atoms with Crippen LogP contribution in [0, 0.1) is 11.8 Å². The van der Waals surface area contributed by atoms with Crippen LogP contribution in [-0.2, 0) is 27.3 Å². The van der Waals surface area contributed by atoms with E-state index < -0.39 is 58.0 Å². The molecular weight excluding hydrogens is 562 g/mol. The number of Topliss-reactive ketones (excluding diaryl/α,β-unsaturated/α-hetero) is 2. The first-order chi connectivity index (χ1) is 20.8. The lowest BCUT2D eigenvalue weighted by atomic mass is 9.57. The van der Waals surface area contributed by atoms with Gasteiger partial charge in [0.15, 0.2) is 11.4 Å². The normalized spacial score (nSPS) is 25.0. The van der Waals surface area contributed by atoms with E-state index in [-0.39, 0.29) is 29.7 Å². The number of phenols is 1. The number of nitrogens with zero attached hydrogens (tertiary/aromatic N) is 2. The number of aliphatic hydroxyl groups is 3. The number of aromatic hydroxyl groups is 1. The van der Waals surface area contributed by atoms with Crippen LogP contribution in [0.3, 0.4) is 0 Å². The van der Waals surface area contributed by atoms with Crippen molar-refractivity contribution in [1.29, 1.82) is 0 Å². The maximum absolute atomic E-state index is 14.1. The van der Waals surface area contributed by atoms with Gasteiger partial charge in [0.25, 0.3) is 5.91 Å². The molecule has 1 amide bonds. The summed E-state index contributed by atoms with van der Waals surface area (Å²) in [6, 6.07) is 14.2. The zero-order chi connectivity index (χ0) is 31.8. The number of nitrogens with two attached hydrogens (primary N) is 1. The van der Waals surface area contributed by atoms with Gasteiger partial charge < -0.3 is 31.1 Å². The number of likely N-dealkylation sites (N-methyl/N-ethyl adjacent to an activating group) is 1. The molecule has 10 heteroatoms. The number of rotatable bonds is 5. The topological polar surface area (TPSA) is 165 Å². The number of fused-ring (bicyclic) bond motifs is 4. The fourth-order valence-corrected chi connectivity index (χ4v) is 7.57. The minimum Gasteiger partial charge on any atom is -0.508 e. The van der Waals surface area contributed by atoms with Gasteiger partial charge in [-0.3, -0.25) is 19.3 Å². The first-order valence-corrected chi connectivity index (χ1v) is 14.4. The number of ketones is 2. The summed E-state index contributed by atoms with van der Waals surface area (Å²) in [5.74, 6) is -6.71. The van der Waals surface area contributed by atoms with Crippen LogP contribution in [-0.4, -0.2) is 87.5 Å². The first-order valence-electron chi connectivity index (χ1n) is 14.4. The molecule has 3 aliphatic rings. The second kappa shape index (κ2) is 10.3. The van der Waals surface area contributed by atoms with Gasteiger partial charge in [-0.2, -0.15) is 0 Å². The molecule has 0 aromatic heterocycles. The van der Waals surface area contributed by atoms with Gasteiger partial charge in [0, 0.05) is 18.0 Å². The largest absolute Gasteiger partial charge is 0.508 e. The van der Waals surface area contributed by atoms with E-state index in [1.807, 2.05) is 38.4 Å². The van der Waals surface area contributed by atoms with Crippen LogP contribution < -0.4 is 5.73 Å². The highest BCUT2D eigenvalue weighted by Crippen LogP contribution is 2.54. The van der Waals surface area contributed by atoms with E-state index in [0.717, 1.165) is 34.0 Å². The Labute approximate surface area is 254 Å². The number of carbonyl (C=O) groups excluding carboxylic acids is 3. The third-order valence-corrected chi connectivity index (χ3v) is 9.40. The van der Waals surface area contributed by atoms with Gasteiger partial charge in [-0.15, -0.1) is 0 Å². The fourth-order valence-electron chi connectivity index (χ4n) is 7.57. The van der Waals surface area contributed by atoms with Crippen LogP contribution in [0.4, 0.5) is 0 Å². The van der Waals surface area contributed by atoms with Crippen molar-refractivity contribution in [3.8, 4) is 16.9 Å². The van der Waals surface area contributed by atoms with Crippen molar-refractivity contribution in [1.82, 2.24) is 9.80 Å². The second-order valence-electron chi connectivity index (χ2n) is 12.5. The summed E-state index contributed by atoms with van der Waals surface area (Å²) in [4.78, 5) is 43.3. The molecule has 0 aliphatic heterocycles. The lowest BCUT2D eigenvalue weighted by Crippen LogP contribution is -2.65. The molecule has 3 aliphatic carbocycles. The van der Waals surface area contributed by atoms with Crippen LogP contribution in [0.2, 0.25) is 0 Å². The van der Waals surface area contributed by atoms with Gasteiger partial charge in [-0.1, -0.05) is 42.5 Å². The predicted octanol–water partition coefficient (Wildman–Crippen LogP) is 2.85. The van der Waals surface area contributed by atoms with Gasteiger partial charge in [0.05, 0.1) is 11.6 Å². The highest BCUT2D eigenvalue weighted by molar-refractivity contribution is 6.24. The molecule has 6 rings (SSSR count). The highest BCUT2D eigenvalue weighted by atomic mass is 16.3. The number of hydrogen-bond donors (Lipinski definition) is 5. The summed E-state index contributed by atoms with van der Waals surface area (Å²) in [6.07, 6.45) is 0.245. The number of hydrogen-bond acceptors (Lipinski definition) is 9. The number of phenolic OH excluding ortho intramolecular Hbond substituents is 1. The smallest absolute Gasteiger partial charge is 0.255 e. The van der Waals surface area contributed by atoms with Crippen molar-refractivity contribution in [2.45, 2.75) is 31.0 Å². The monoisotopic (exact) mass is 597 g/mol. The van der Waals surface area contributed by atoms with E-state index in [1.54, 1.807) is 20.2 Å². The van der Waals surface area contributed by atoms with Crippen LogP contribution >= 0.6 is 0 Å². The van der Waals surface area contributed by atoms with Gasteiger partial charge >= 0.3 is 0 Å². The highest BCUT2D eigenvalue weighted by Gasteiger charge is 2.64. The Morgan fingerprint density at radius 3 is 2.25 bits per heavy atom. The average Bonchev–Trinajstić information content (AvgIpc) is 2.95. The summed E-state index contributed by atoms with van der Waals surface area (Å²) >= 11 is 0. The van der Waals surface area contributed by atoms with Crippen molar-refractivity contribution in [2.24, 2.45) is 17.6 Å². The summed E-state index contributed by atoms with van der Waals surface area (Å²) in [7, 11) is 7.16. The molecule has 0 spiro atoms. The number of carbonyl (C=O) groups is 3. The van der Waals surface area contributed by atoms with Gasteiger partial charge in [0.2, 0.25) is 5.78 Å². The van der Waals surface area contributed by atoms with Gasteiger partial charge in [0.1, 0.15) is 22.8 Å². The van der Waals surface area contributed by atoms with E-state index in [0.29, 0.717) is 5.56 Å². The number of amides is 1. The van der Waals surface area contributed by atoms with Crippen LogP contribution in [0.1, 0.15) is 23.1 Å². The Morgan fingerprint density at radius 1 is 0.955 bits per heavy atom. The molecule has 228 valence electrons. The van der Waals surface area contributed by atoms with Crippen LogP contribution in [0.25, 0.3) is 27.7 Å². The molecule has 1 fully saturated rings. The molecule has 0 radical (unpaired) electrons. The minimum atomic E-state index is -2.67. The summed E-state index contributed by atoms with van der Waals surface area (Å²) in [5.41, 5.74) is 5.23. The second-order valence-corrected chi connectivity index (χ2v) is 12.5. The average molecular weight is 598 g/mol. The summed E-state index contributed by atoms with van der Waals surface area (Å²) < 4.78 is 0. The number of primary amides is 1. The molecule has 0 unspecified atom stereocenters. The Balaban J connectivity index is 1.56. The van der Waals surface area contributed by atoms with Crippen molar-refractivity contribution in [3.05, 3.63) is 82.1 Å². The zero-order valence-corrected chi connectivity index (χ0v) is 25.0. The Morgan fingerprint density at radius 2 is 1.61 bits per heavy atom. The molecule has 3 aromatic carbocycles. The number of aliphatic hydroxyl groups excluding tert-OH is 2. The molecule has 0 saturated heterocycles. The lowest BCUT2D eigenvalue weighted by molar-refractivity contribution is -0.153. The molecule has 0 bridgehead atoms. The molecule has 4 atom stereocenters. The van der Waals surface area contributed by atoms with Gasteiger partial charge in [-0.05, 0) is 86.0 Å². The SMILES string of the molecule is CN(C)Cc1ccc(-c2ccc(O)c3c2C[C@@H]2C[C@@H]4[C@@H](N(C)C)C(=O)C(C(N)=O)=C(O)[C@@]4(O)C(=O)C2=C3O)c2ccccc12.